The van der Waals surface area contributed by atoms with Crippen LogP contribution >= 0.6 is 0 Å². The second-order valence-electron chi connectivity index (χ2n) is 4.60. The van der Waals surface area contributed by atoms with Gasteiger partial charge in [-0.05, 0) is 18.4 Å². The van der Waals surface area contributed by atoms with Gasteiger partial charge < -0.3 is 9.73 Å². The molecule has 1 rings (SSSR count). The van der Waals surface area contributed by atoms with Crippen LogP contribution in [0.25, 0.3) is 0 Å². The van der Waals surface area contributed by atoms with Crippen LogP contribution in [-0.2, 0) is 6.54 Å². The summed E-state index contributed by atoms with van der Waals surface area (Å²) < 4.78 is 4.99. The normalized spacial score (nSPS) is 14.5. The molecule has 0 aliphatic rings. The first-order valence-electron chi connectivity index (χ1n) is 4.74. The first kappa shape index (κ1) is 10.3. The first-order chi connectivity index (χ1) is 6.00. The predicted molar refractivity (Wildman–Crippen MR) is 54.5 cm³/mol. The van der Waals surface area contributed by atoms with Crippen LogP contribution in [0.15, 0.2) is 23.0 Å². The van der Waals surface area contributed by atoms with E-state index < -0.39 is 0 Å². The molecular weight excluding hydrogens is 162 g/mol. The van der Waals surface area contributed by atoms with Gasteiger partial charge in [0.25, 0.3) is 0 Å². The molecule has 13 heavy (non-hydrogen) atoms. The van der Waals surface area contributed by atoms with E-state index in [9.17, 15) is 0 Å². The Morgan fingerprint density at radius 2 is 2.15 bits per heavy atom. The van der Waals surface area contributed by atoms with Crippen LogP contribution in [0.5, 0.6) is 0 Å². The van der Waals surface area contributed by atoms with Gasteiger partial charge in [0, 0.05) is 18.2 Å². The molecule has 2 heteroatoms. The maximum Gasteiger partial charge on any atom is 0.0947 e. The molecule has 1 aromatic rings. The van der Waals surface area contributed by atoms with E-state index in [0.717, 1.165) is 6.54 Å². The summed E-state index contributed by atoms with van der Waals surface area (Å²) >= 11 is 0. The van der Waals surface area contributed by atoms with E-state index in [0.29, 0.717) is 11.5 Å². The molecule has 0 aliphatic carbocycles. The van der Waals surface area contributed by atoms with Crippen molar-refractivity contribution in [2.24, 2.45) is 5.41 Å². The molecule has 0 fully saturated rings. The standard InChI is InChI=1S/C11H19NO/c1-9(11(2,3)4)12-7-10-5-6-13-8-10/h5-6,8-9,12H,7H2,1-4H3. The summed E-state index contributed by atoms with van der Waals surface area (Å²) in [6.45, 7) is 9.80. The highest BCUT2D eigenvalue weighted by atomic mass is 16.3. The SMILES string of the molecule is CC(NCc1ccoc1)C(C)(C)C. The lowest BCUT2D eigenvalue weighted by molar-refractivity contribution is 0.285. The molecular formula is C11H19NO. The third-order valence-corrected chi connectivity index (χ3v) is 2.49. The van der Waals surface area contributed by atoms with Crippen molar-refractivity contribution in [3.8, 4) is 0 Å². The second-order valence-corrected chi connectivity index (χ2v) is 4.60. The molecule has 0 saturated heterocycles. The summed E-state index contributed by atoms with van der Waals surface area (Å²) in [6, 6.07) is 2.49. The zero-order valence-corrected chi connectivity index (χ0v) is 8.92. The zero-order chi connectivity index (χ0) is 9.90. The Morgan fingerprint density at radius 3 is 2.62 bits per heavy atom. The first-order valence-corrected chi connectivity index (χ1v) is 4.74. The van der Waals surface area contributed by atoms with Gasteiger partial charge in [0.05, 0.1) is 12.5 Å². The van der Waals surface area contributed by atoms with E-state index in [1.807, 2.05) is 6.07 Å². The van der Waals surface area contributed by atoms with Crippen molar-refractivity contribution in [3.05, 3.63) is 24.2 Å². The highest BCUT2D eigenvalue weighted by molar-refractivity contribution is 5.04. The molecule has 1 N–H and O–H groups in total. The van der Waals surface area contributed by atoms with Gasteiger partial charge in [-0.15, -0.1) is 0 Å². The van der Waals surface area contributed by atoms with Crippen LogP contribution in [-0.4, -0.2) is 6.04 Å². The minimum absolute atomic E-state index is 0.309. The lowest BCUT2D eigenvalue weighted by Crippen LogP contribution is -2.37. The van der Waals surface area contributed by atoms with Crippen LogP contribution in [0.2, 0.25) is 0 Å². The monoisotopic (exact) mass is 181 g/mol. The minimum Gasteiger partial charge on any atom is -0.472 e. The largest absolute Gasteiger partial charge is 0.472 e. The van der Waals surface area contributed by atoms with Crippen molar-refractivity contribution in [2.45, 2.75) is 40.3 Å². The minimum atomic E-state index is 0.309. The van der Waals surface area contributed by atoms with Gasteiger partial charge >= 0.3 is 0 Å². The van der Waals surface area contributed by atoms with Crippen molar-refractivity contribution >= 4 is 0 Å². The van der Waals surface area contributed by atoms with Gasteiger partial charge in [-0.2, -0.15) is 0 Å². The molecule has 1 unspecified atom stereocenters. The molecule has 74 valence electrons. The summed E-state index contributed by atoms with van der Waals surface area (Å²) in [5.41, 5.74) is 1.51. The van der Waals surface area contributed by atoms with Gasteiger partial charge in [-0.3, -0.25) is 0 Å². The Balaban J connectivity index is 2.35. The Labute approximate surface area is 80.3 Å². The lowest BCUT2D eigenvalue weighted by Gasteiger charge is -2.28. The number of furan rings is 1. The van der Waals surface area contributed by atoms with E-state index in [2.05, 4.69) is 33.0 Å². The van der Waals surface area contributed by atoms with Crippen LogP contribution in [0.1, 0.15) is 33.3 Å². The zero-order valence-electron chi connectivity index (χ0n) is 8.92. The van der Waals surface area contributed by atoms with Crippen LogP contribution in [0.3, 0.4) is 0 Å². The molecule has 1 heterocycles. The van der Waals surface area contributed by atoms with Crippen LogP contribution in [0.4, 0.5) is 0 Å². The smallest absolute Gasteiger partial charge is 0.0947 e. The van der Waals surface area contributed by atoms with Crippen molar-refractivity contribution in [2.75, 3.05) is 0 Å². The summed E-state index contributed by atoms with van der Waals surface area (Å²) in [7, 11) is 0. The molecule has 0 aromatic carbocycles. The van der Waals surface area contributed by atoms with Gasteiger partial charge in [0.2, 0.25) is 0 Å². The molecule has 0 radical (unpaired) electrons. The highest BCUT2D eigenvalue weighted by Crippen LogP contribution is 2.18. The van der Waals surface area contributed by atoms with Crippen molar-refractivity contribution in [1.82, 2.24) is 5.32 Å². The predicted octanol–water partition coefficient (Wildman–Crippen LogP) is 2.80. The molecule has 0 amide bonds. The van der Waals surface area contributed by atoms with Gasteiger partial charge in [-0.1, -0.05) is 20.8 Å². The third-order valence-electron chi connectivity index (χ3n) is 2.49. The fourth-order valence-electron chi connectivity index (χ4n) is 0.970. The third kappa shape index (κ3) is 3.23. The summed E-state index contributed by atoms with van der Waals surface area (Å²) in [5, 5.41) is 3.46. The van der Waals surface area contributed by atoms with Gasteiger partial charge in [0.1, 0.15) is 0 Å². The van der Waals surface area contributed by atoms with E-state index >= 15 is 0 Å². The second kappa shape index (κ2) is 3.97. The van der Waals surface area contributed by atoms with E-state index in [1.165, 1.54) is 5.56 Å². The van der Waals surface area contributed by atoms with Crippen molar-refractivity contribution in [1.29, 1.82) is 0 Å². The maximum absolute atomic E-state index is 4.99. The summed E-state index contributed by atoms with van der Waals surface area (Å²) in [4.78, 5) is 0. The average molecular weight is 181 g/mol. The Bertz CT molecular complexity index is 233. The topological polar surface area (TPSA) is 25.2 Å². The Hall–Kier alpha value is -0.760. The summed E-state index contributed by atoms with van der Waals surface area (Å²) in [6.07, 6.45) is 3.49. The van der Waals surface area contributed by atoms with E-state index in [-0.39, 0.29) is 0 Å². The Kier molecular flexibility index (Phi) is 3.15. The van der Waals surface area contributed by atoms with Crippen LogP contribution in [0, 0.1) is 5.41 Å². The highest BCUT2D eigenvalue weighted by Gasteiger charge is 2.18. The molecule has 1 atom stereocenters. The molecule has 0 spiro atoms. The summed E-state index contributed by atoms with van der Waals surface area (Å²) in [5.74, 6) is 0. The molecule has 2 nitrogen and oxygen atoms in total. The number of rotatable bonds is 3. The van der Waals surface area contributed by atoms with Crippen LogP contribution < -0.4 is 5.32 Å². The average Bonchev–Trinajstić information content (AvgIpc) is 2.50. The lowest BCUT2D eigenvalue weighted by atomic mass is 9.88. The van der Waals surface area contributed by atoms with Gasteiger partial charge in [0.15, 0.2) is 0 Å². The van der Waals surface area contributed by atoms with E-state index in [1.54, 1.807) is 12.5 Å². The number of hydrogen-bond acceptors (Lipinski definition) is 2. The fraction of sp³-hybridized carbons (Fsp3) is 0.636. The van der Waals surface area contributed by atoms with Crippen molar-refractivity contribution < 1.29 is 4.42 Å². The fourth-order valence-corrected chi connectivity index (χ4v) is 0.970. The molecule has 1 aromatic heterocycles. The quantitative estimate of drug-likeness (QED) is 0.775. The Morgan fingerprint density at radius 1 is 1.46 bits per heavy atom. The molecule has 0 bridgehead atoms. The van der Waals surface area contributed by atoms with Gasteiger partial charge in [-0.25, -0.2) is 0 Å². The number of hydrogen-bond donors (Lipinski definition) is 1. The number of nitrogens with one attached hydrogen (secondary N) is 1. The van der Waals surface area contributed by atoms with E-state index in [4.69, 9.17) is 4.42 Å². The molecule has 0 saturated carbocycles. The van der Waals surface area contributed by atoms with Crippen molar-refractivity contribution in [3.63, 3.8) is 0 Å². The maximum atomic E-state index is 4.99. The molecule has 0 aliphatic heterocycles.